The van der Waals surface area contributed by atoms with Gasteiger partial charge in [0.15, 0.2) is 0 Å². The molecule has 5 nitrogen and oxygen atoms in total. The average Bonchev–Trinajstić information content (AvgIpc) is 2.44. The maximum Gasteiger partial charge on any atom is 0.326 e. The van der Waals surface area contributed by atoms with E-state index in [2.05, 4.69) is 12.2 Å². The molecule has 2 unspecified atom stereocenters. The predicted octanol–water partition coefficient (Wildman–Crippen LogP) is 2.85. The van der Waals surface area contributed by atoms with Crippen LogP contribution < -0.4 is 5.32 Å². The largest absolute Gasteiger partial charge is 0.480 e. The van der Waals surface area contributed by atoms with Gasteiger partial charge in [0.2, 0.25) is 0 Å². The van der Waals surface area contributed by atoms with Gasteiger partial charge in [-0.2, -0.15) is 0 Å². The Balaban J connectivity index is 2.60. The van der Waals surface area contributed by atoms with Gasteiger partial charge in [0.1, 0.15) is 6.04 Å². The van der Waals surface area contributed by atoms with Crippen LogP contribution in [0.5, 0.6) is 0 Å². The first-order chi connectivity index (χ1) is 9.47. The molecule has 1 saturated carbocycles. The number of hydrogen-bond donors (Lipinski definition) is 2. The molecular formula is C15H28N2O3. The van der Waals surface area contributed by atoms with E-state index in [-0.39, 0.29) is 18.0 Å². The second-order valence-electron chi connectivity index (χ2n) is 5.91. The number of rotatable bonds is 6. The third-order valence-electron chi connectivity index (χ3n) is 4.35. The Hall–Kier alpha value is -1.26. The molecule has 116 valence electrons. The Labute approximate surface area is 121 Å². The number of amides is 2. The molecule has 0 radical (unpaired) electrons. The molecule has 5 heteroatoms. The van der Waals surface area contributed by atoms with Gasteiger partial charge < -0.3 is 15.3 Å². The monoisotopic (exact) mass is 284 g/mol. The Morgan fingerprint density at radius 3 is 2.40 bits per heavy atom. The van der Waals surface area contributed by atoms with Crippen LogP contribution in [0.4, 0.5) is 4.79 Å². The van der Waals surface area contributed by atoms with Gasteiger partial charge >= 0.3 is 12.0 Å². The van der Waals surface area contributed by atoms with Crippen molar-refractivity contribution in [3.63, 3.8) is 0 Å². The zero-order valence-corrected chi connectivity index (χ0v) is 12.9. The summed E-state index contributed by atoms with van der Waals surface area (Å²) in [6.07, 6.45) is 7.01. The molecule has 20 heavy (non-hydrogen) atoms. The van der Waals surface area contributed by atoms with Crippen molar-refractivity contribution < 1.29 is 14.7 Å². The molecule has 0 spiro atoms. The van der Waals surface area contributed by atoms with Crippen LogP contribution in [0.3, 0.4) is 0 Å². The van der Waals surface area contributed by atoms with Crippen LogP contribution in [0.15, 0.2) is 0 Å². The standard InChI is InChI=1S/C15H28N2O3/c1-4-8-11(2)17(3)15(20)16-13(14(18)19)12-9-6-5-7-10-12/h11-13H,4-10H2,1-3H3,(H,16,20)(H,18,19). The van der Waals surface area contributed by atoms with Crippen molar-refractivity contribution in [2.45, 2.75) is 70.9 Å². The lowest BCUT2D eigenvalue weighted by molar-refractivity contribution is -0.141. The van der Waals surface area contributed by atoms with Gasteiger partial charge in [-0.05, 0) is 32.1 Å². The minimum Gasteiger partial charge on any atom is -0.480 e. The van der Waals surface area contributed by atoms with Crippen molar-refractivity contribution in [2.24, 2.45) is 5.92 Å². The van der Waals surface area contributed by atoms with Crippen LogP contribution in [0.25, 0.3) is 0 Å². The molecule has 2 N–H and O–H groups in total. The van der Waals surface area contributed by atoms with Gasteiger partial charge in [-0.15, -0.1) is 0 Å². The van der Waals surface area contributed by atoms with Crippen molar-refractivity contribution in [1.29, 1.82) is 0 Å². The van der Waals surface area contributed by atoms with Crippen LogP contribution in [0.1, 0.15) is 58.8 Å². The van der Waals surface area contributed by atoms with Crippen LogP contribution >= 0.6 is 0 Å². The number of carbonyl (C=O) groups is 2. The molecular weight excluding hydrogens is 256 g/mol. The van der Waals surface area contributed by atoms with E-state index in [1.54, 1.807) is 11.9 Å². The molecule has 2 amide bonds. The molecule has 1 aliphatic rings. The summed E-state index contributed by atoms with van der Waals surface area (Å²) < 4.78 is 0. The first kappa shape index (κ1) is 16.8. The van der Waals surface area contributed by atoms with E-state index < -0.39 is 12.0 Å². The van der Waals surface area contributed by atoms with E-state index in [0.29, 0.717) is 0 Å². The summed E-state index contributed by atoms with van der Waals surface area (Å²) in [4.78, 5) is 25.2. The zero-order chi connectivity index (χ0) is 15.1. The van der Waals surface area contributed by atoms with E-state index >= 15 is 0 Å². The topological polar surface area (TPSA) is 69.6 Å². The van der Waals surface area contributed by atoms with Gasteiger partial charge in [-0.25, -0.2) is 9.59 Å². The number of urea groups is 1. The van der Waals surface area contributed by atoms with Crippen LogP contribution in [0, 0.1) is 5.92 Å². The highest BCUT2D eigenvalue weighted by Gasteiger charge is 2.31. The van der Waals surface area contributed by atoms with Crippen molar-refractivity contribution in [1.82, 2.24) is 10.2 Å². The zero-order valence-electron chi connectivity index (χ0n) is 12.9. The van der Waals surface area contributed by atoms with Gasteiger partial charge in [-0.3, -0.25) is 0 Å². The first-order valence-corrected chi connectivity index (χ1v) is 7.73. The lowest BCUT2D eigenvalue weighted by Gasteiger charge is -2.31. The lowest BCUT2D eigenvalue weighted by atomic mass is 9.84. The van der Waals surface area contributed by atoms with Crippen molar-refractivity contribution >= 4 is 12.0 Å². The highest BCUT2D eigenvalue weighted by molar-refractivity contribution is 5.82. The molecule has 2 atom stereocenters. The number of nitrogens with zero attached hydrogens (tertiary/aromatic N) is 1. The fraction of sp³-hybridized carbons (Fsp3) is 0.867. The molecule has 1 rings (SSSR count). The fourth-order valence-electron chi connectivity index (χ4n) is 2.90. The lowest BCUT2D eigenvalue weighted by Crippen LogP contribution is -2.52. The number of nitrogens with one attached hydrogen (secondary N) is 1. The number of hydrogen-bond acceptors (Lipinski definition) is 2. The SMILES string of the molecule is CCCC(C)N(C)C(=O)NC(C(=O)O)C1CCCCC1. The maximum absolute atomic E-state index is 12.2. The molecule has 0 heterocycles. The molecule has 0 aromatic carbocycles. The van der Waals surface area contributed by atoms with E-state index in [9.17, 15) is 14.7 Å². The Morgan fingerprint density at radius 2 is 1.90 bits per heavy atom. The van der Waals surface area contributed by atoms with Crippen molar-refractivity contribution in [3.05, 3.63) is 0 Å². The minimum atomic E-state index is -0.915. The molecule has 0 aliphatic heterocycles. The third-order valence-corrected chi connectivity index (χ3v) is 4.35. The fourth-order valence-corrected chi connectivity index (χ4v) is 2.90. The summed E-state index contributed by atoms with van der Waals surface area (Å²) >= 11 is 0. The molecule has 0 aromatic rings. The maximum atomic E-state index is 12.2. The molecule has 0 saturated heterocycles. The van der Waals surface area contributed by atoms with E-state index in [1.807, 2.05) is 6.92 Å². The quantitative estimate of drug-likeness (QED) is 0.788. The van der Waals surface area contributed by atoms with Crippen molar-refractivity contribution in [2.75, 3.05) is 7.05 Å². The van der Waals surface area contributed by atoms with E-state index in [0.717, 1.165) is 38.5 Å². The van der Waals surface area contributed by atoms with Gasteiger partial charge in [0, 0.05) is 13.1 Å². The van der Waals surface area contributed by atoms with E-state index in [1.165, 1.54) is 6.42 Å². The first-order valence-electron chi connectivity index (χ1n) is 7.73. The third kappa shape index (κ3) is 4.69. The van der Waals surface area contributed by atoms with E-state index in [4.69, 9.17) is 0 Å². The predicted molar refractivity (Wildman–Crippen MR) is 78.7 cm³/mol. The minimum absolute atomic E-state index is 0.0695. The Morgan fingerprint density at radius 1 is 1.30 bits per heavy atom. The van der Waals surface area contributed by atoms with Crippen LogP contribution in [0.2, 0.25) is 0 Å². The van der Waals surface area contributed by atoms with Gasteiger partial charge in [0.25, 0.3) is 0 Å². The van der Waals surface area contributed by atoms with Gasteiger partial charge in [-0.1, -0.05) is 32.6 Å². The summed E-state index contributed by atoms with van der Waals surface area (Å²) in [5.41, 5.74) is 0. The number of carboxylic acid groups (broad SMARTS) is 1. The summed E-state index contributed by atoms with van der Waals surface area (Å²) in [7, 11) is 1.73. The molecule has 0 bridgehead atoms. The molecule has 1 aliphatic carbocycles. The normalized spacial score (nSPS) is 19.1. The van der Waals surface area contributed by atoms with Crippen molar-refractivity contribution in [3.8, 4) is 0 Å². The summed E-state index contributed by atoms with van der Waals surface area (Å²) in [5.74, 6) is -0.845. The smallest absolute Gasteiger partial charge is 0.326 e. The summed E-state index contributed by atoms with van der Waals surface area (Å²) in [5, 5.41) is 12.1. The van der Waals surface area contributed by atoms with Crippen LogP contribution in [-0.2, 0) is 4.79 Å². The number of aliphatic carboxylic acids is 1. The van der Waals surface area contributed by atoms with Crippen LogP contribution in [-0.4, -0.2) is 41.1 Å². The Kier molecular flexibility index (Phi) is 6.82. The highest BCUT2D eigenvalue weighted by atomic mass is 16.4. The second-order valence-corrected chi connectivity index (χ2v) is 5.91. The average molecular weight is 284 g/mol. The second kappa shape index (κ2) is 8.12. The highest BCUT2D eigenvalue weighted by Crippen LogP contribution is 2.26. The Bertz CT molecular complexity index is 327. The number of carbonyl (C=O) groups excluding carboxylic acids is 1. The summed E-state index contributed by atoms with van der Waals surface area (Å²) in [6.45, 7) is 4.06. The molecule has 1 fully saturated rings. The van der Waals surface area contributed by atoms with Gasteiger partial charge in [0.05, 0.1) is 0 Å². The number of carboxylic acids is 1. The summed E-state index contributed by atoms with van der Waals surface area (Å²) in [6, 6.07) is -0.899. The molecule has 0 aromatic heterocycles.